The number of nitriles is 1. The molecule has 0 aliphatic heterocycles. The first kappa shape index (κ1) is 21.6. The van der Waals surface area contributed by atoms with Crippen molar-refractivity contribution in [2.45, 2.75) is 13.2 Å². The number of benzene rings is 2. The minimum absolute atomic E-state index is 0.0276. The smallest absolute Gasteiger partial charge is 0.387 e. The van der Waals surface area contributed by atoms with Crippen molar-refractivity contribution < 1.29 is 32.2 Å². The number of hydrogen-bond acceptors (Lipinski definition) is 6. The van der Waals surface area contributed by atoms with E-state index in [4.69, 9.17) is 19.2 Å². The molecule has 0 saturated carbocycles. The molecule has 8 heteroatoms. The summed E-state index contributed by atoms with van der Waals surface area (Å²) >= 11 is 0. The number of nitrogens with zero attached hydrogens (tertiary/aromatic N) is 1. The van der Waals surface area contributed by atoms with Gasteiger partial charge in [-0.15, -0.1) is 0 Å². The topological polar surface area (TPSA) is 81.7 Å². The van der Waals surface area contributed by atoms with Gasteiger partial charge in [0, 0.05) is 5.56 Å². The second kappa shape index (κ2) is 10.1. The molecule has 0 radical (unpaired) electrons. The Morgan fingerprint density at radius 1 is 1.13 bits per heavy atom. The van der Waals surface area contributed by atoms with Crippen LogP contribution in [0.25, 0.3) is 6.08 Å². The van der Waals surface area contributed by atoms with Crippen LogP contribution < -0.4 is 14.2 Å². The third-order valence-electron chi connectivity index (χ3n) is 4.11. The van der Waals surface area contributed by atoms with Gasteiger partial charge in [-0.25, -0.2) is 0 Å². The van der Waals surface area contributed by atoms with E-state index >= 15 is 0 Å². The van der Waals surface area contributed by atoms with Crippen LogP contribution >= 0.6 is 0 Å². The Bertz CT molecular complexity index is 1110. The molecule has 158 valence electrons. The van der Waals surface area contributed by atoms with E-state index in [-0.39, 0.29) is 29.5 Å². The third kappa shape index (κ3) is 5.93. The van der Waals surface area contributed by atoms with Gasteiger partial charge >= 0.3 is 6.61 Å². The Labute approximate surface area is 176 Å². The number of allylic oxidation sites excluding steroid dienone is 1. The van der Waals surface area contributed by atoms with Crippen LogP contribution in [0.2, 0.25) is 0 Å². The summed E-state index contributed by atoms with van der Waals surface area (Å²) < 4.78 is 45.3. The quantitative estimate of drug-likeness (QED) is 0.345. The Balaban J connectivity index is 1.61. The molecule has 2 aromatic carbocycles. The van der Waals surface area contributed by atoms with Crippen molar-refractivity contribution in [1.29, 1.82) is 5.26 Å². The summed E-state index contributed by atoms with van der Waals surface area (Å²) in [7, 11) is 1.29. The number of carbonyl (C=O) groups is 1. The van der Waals surface area contributed by atoms with Gasteiger partial charge in [-0.3, -0.25) is 4.79 Å². The summed E-state index contributed by atoms with van der Waals surface area (Å²) in [5.41, 5.74) is 0.780. The molecule has 0 bridgehead atoms. The van der Waals surface area contributed by atoms with Crippen molar-refractivity contribution in [2.24, 2.45) is 0 Å². The van der Waals surface area contributed by atoms with Crippen molar-refractivity contribution in [3.05, 3.63) is 83.3 Å². The molecule has 0 fully saturated rings. The van der Waals surface area contributed by atoms with Crippen molar-refractivity contribution in [1.82, 2.24) is 0 Å². The van der Waals surface area contributed by atoms with Crippen LogP contribution in [0.3, 0.4) is 0 Å². The number of methoxy groups -OCH3 is 1. The van der Waals surface area contributed by atoms with Gasteiger partial charge in [0.25, 0.3) is 0 Å². The van der Waals surface area contributed by atoms with Crippen molar-refractivity contribution >= 4 is 11.9 Å². The number of alkyl halides is 2. The maximum absolute atomic E-state index is 12.4. The maximum Gasteiger partial charge on any atom is 0.387 e. The molecule has 0 N–H and O–H groups in total. The summed E-state index contributed by atoms with van der Waals surface area (Å²) in [5.74, 6) is 1.09. The summed E-state index contributed by atoms with van der Waals surface area (Å²) in [6, 6.07) is 16.0. The lowest BCUT2D eigenvalue weighted by atomic mass is 10.1. The molecule has 0 aliphatic rings. The van der Waals surface area contributed by atoms with E-state index in [0.29, 0.717) is 22.8 Å². The fraction of sp³-hybridized carbons (Fsp3) is 0.130. The Morgan fingerprint density at radius 3 is 2.58 bits per heavy atom. The minimum Gasteiger partial charge on any atom is -0.493 e. The number of ether oxygens (including phenoxy) is 3. The molecule has 0 amide bonds. The molecule has 0 saturated heterocycles. The van der Waals surface area contributed by atoms with Gasteiger partial charge < -0.3 is 18.6 Å². The summed E-state index contributed by atoms with van der Waals surface area (Å²) in [6.07, 6.45) is 2.79. The van der Waals surface area contributed by atoms with Crippen molar-refractivity contribution in [3.8, 4) is 23.3 Å². The fourth-order valence-electron chi connectivity index (χ4n) is 2.61. The first-order valence-electron chi connectivity index (χ1n) is 9.05. The van der Waals surface area contributed by atoms with Gasteiger partial charge in [0.2, 0.25) is 0 Å². The second-order valence-corrected chi connectivity index (χ2v) is 6.17. The van der Waals surface area contributed by atoms with Gasteiger partial charge in [0.05, 0.1) is 18.7 Å². The summed E-state index contributed by atoms with van der Waals surface area (Å²) in [6.45, 7) is -2.82. The van der Waals surface area contributed by atoms with E-state index in [2.05, 4.69) is 4.74 Å². The van der Waals surface area contributed by atoms with Crippen LogP contribution in [0.1, 0.15) is 27.4 Å². The molecule has 0 aliphatic carbocycles. The van der Waals surface area contributed by atoms with Gasteiger partial charge in [-0.2, -0.15) is 14.0 Å². The van der Waals surface area contributed by atoms with Crippen LogP contribution in [-0.2, 0) is 6.61 Å². The van der Waals surface area contributed by atoms with Gasteiger partial charge in [0.1, 0.15) is 23.9 Å². The molecule has 1 heterocycles. The average Bonchev–Trinajstić information content (AvgIpc) is 3.24. The number of furan rings is 1. The number of carbonyl (C=O) groups excluding carboxylic acids is 1. The highest BCUT2D eigenvalue weighted by Crippen LogP contribution is 2.29. The SMILES string of the molecule is COc1cc(C(=O)/C=C/c2ccc(COc3ccc(C#N)cc3)o2)ccc1OC(F)F. The minimum atomic E-state index is -3.00. The lowest BCUT2D eigenvalue weighted by molar-refractivity contribution is -0.0512. The van der Waals surface area contributed by atoms with Crippen LogP contribution in [0.5, 0.6) is 17.2 Å². The normalized spacial score (nSPS) is 10.8. The lowest BCUT2D eigenvalue weighted by Gasteiger charge is -2.10. The summed E-state index contributed by atoms with van der Waals surface area (Å²) in [4.78, 5) is 12.4. The molecule has 0 unspecified atom stereocenters. The molecule has 3 aromatic rings. The lowest BCUT2D eigenvalue weighted by Crippen LogP contribution is -2.04. The zero-order valence-corrected chi connectivity index (χ0v) is 16.4. The van der Waals surface area contributed by atoms with Crippen molar-refractivity contribution in [3.63, 3.8) is 0 Å². The second-order valence-electron chi connectivity index (χ2n) is 6.17. The zero-order valence-electron chi connectivity index (χ0n) is 16.4. The Morgan fingerprint density at radius 2 is 1.90 bits per heavy atom. The molecule has 1 aromatic heterocycles. The van der Waals surface area contributed by atoms with E-state index in [1.807, 2.05) is 6.07 Å². The van der Waals surface area contributed by atoms with Gasteiger partial charge in [-0.1, -0.05) is 0 Å². The number of halogens is 2. The average molecular weight is 425 g/mol. The number of ketones is 1. The van der Waals surface area contributed by atoms with E-state index < -0.39 is 6.61 Å². The molecule has 0 atom stereocenters. The van der Waals surface area contributed by atoms with Crippen LogP contribution in [0.15, 0.2) is 65.1 Å². The molecule has 6 nitrogen and oxygen atoms in total. The molecule has 0 spiro atoms. The van der Waals surface area contributed by atoms with Gasteiger partial charge in [0.15, 0.2) is 17.3 Å². The monoisotopic (exact) mass is 425 g/mol. The first-order valence-corrected chi connectivity index (χ1v) is 9.05. The predicted molar refractivity (Wildman–Crippen MR) is 107 cm³/mol. The molecular weight excluding hydrogens is 408 g/mol. The van der Waals surface area contributed by atoms with E-state index in [1.165, 1.54) is 37.5 Å². The van der Waals surface area contributed by atoms with Crippen LogP contribution in [0, 0.1) is 11.3 Å². The van der Waals surface area contributed by atoms with E-state index in [9.17, 15) is 13.6 Å². The summed E-state index contributed by atoms with van der Waals surface area (Å²) in [5, 5.41) is 8.80. The zero-order chi connectivity index (χ0) is 22.2. The van der Waals surface area contributed by atoms with Crippen LogP contribution in [-0.4, -0.2) is 19.5 Å². The standard InChI is InChI=1S/C23H17F2NO5/c1-28-22-12-16(4-11-21(22)31-23(24)25)20(27)10-9-18-7-8-19(30-18)14-29-17-5-2-15(13-26)3-6-17/h2-12,23H,14H2,1H3/b10-9+. The largest absolute Gasteiger partial charge is 0.493 e. The highest BCUT2D eigenvalue weighted by atomic mass is 19.3. The Hall–Kier alpha value is -4.12. The molecule has 31 heavy (non-hydrogen) atoms. The highest BCUT2D eigenvalue weighted by Gasteiger charge is 2.13. The number of hydrogen-bond donors (Lipinski definition) is 0. The van der Waals surface area contributed by atoms with E-state index in [1.54, 1.807) is 36.4 Å². The first-order chi connectivity index (χ1) is 15.0. The number of rotatable bonds is 9. The van der Waals surface area contributed by atoms with Crippen LogP contribution in [0.4, 0.5) is 8.78 Å². The molecular formula is C23H17F2NO5. The van der Waals surface area contributed by atoms with Gasteiger partial charge in [-0.05, 0) is 66.7 Å². The third-order valence-corrected chi connectivity index (χ3v) is 4.11. The molecule has 3 rings (SSSR count). The predicted octanol–water partition coefficient (Wildman–Crippen LogP) is 5.24. The fourth-order valence-corrected chi connectivity index (χ4v) is 2.61. The Kier molecular flexibility index (Phi) is 7.01. The van der Waals surface area contributed by atoms with Crippen molar-refractivity contribution in [2.75, 3.05) is 7.11 Å². The highest BCUT2D eigenvalue weighted by molar-refractivity contribution is 6.07. The maximum atomic E-state index is 12.4. The van der Waals surface area contributed by atoms with E-state index in [0.717, 1.165) is 0 Å².